The maximum absolute atomic E-state index is 14.4. The number of nitrogens with two attached hydrogens (primary N) is 1. The Morgan fingerprint density at radius 2 is 1.97 bits per heavy atom. The first-order valence-electron chi connectivity index (χ1n) is 12.4. The summed E-state index contributed by atoms with van der Waals surface area (Å²) in [5.41, 5.74) is 4.03. The van der Waals surface area contributed by atoms with Crippen molar-refractivity contribution in [1.82, 2.24) is 19.6 Å². The first kappa shape index (κ1) is 28.7. The number of aromatic amines is 1. The maximum Gasteiger partial charge on any atom is 0.240 e. The van der Waals surface area contributed by atoms with Crippen molar-refractivity contribution in [3.63, 3.8) is 0 Å². The van der Waals surface area contributed by atoms with Crippen molar-refractivity contribution in [2.24, 2.45) is 11.7 Å². The van der Waals surface area contributed by atoms with E-state index >= 15 is 0 Å². The number of rotatable bonds is 10. The molecule has 204 valence electrons. The lowest BCUT2D eigenvalue weighted by Crippen LogP contribution is -2.63. The zero-order valence-electron chi connectivity index (χ0n) is 21.6. The molecule has 37 heavy (non-hydrogen) atoms. The first-order valence-corrected chi connectivity index (χ1v) is 14.0. The van der Waals surface area contributed by atoms with Crippen LogP contribution in [0.1, 0.15) is 65.1 Å². The molecule has 0 saturated carbocycles. The van der Waals surface area contributed by atoms with E-state index in [1.807, 2.05) is 6.92 Å². The molecule has 1 unspecified atom stereocenters. The van der Waals surface area contributed by atoms with Gasteiger partial charge in [-0.3, -0.25) is 9.59 Å². The summed E-state index contributed by atoms with van der Waals surface area (Å²) < 4.78 is 56.3. The Balaban J connectivity index is 2.05. The highest BCUT2D eigenvalue weighted by molar-refractivity contribution is 7.89. The van der Waals surface area contributed by atoms with E-state index in [4.69, 9.17) is 5.73 Å². The molecule has 1 aromatic carbocycles. The maximum atomic E-state index is 14.4. The molecule has 1 fully saturated rings. The van der Waals surface area contributed by atoms with Crippen molar-refractivity contribution in [2.45, 2.75) is 70.9 Å². The fourth-order valence-corrected chi connectivity index (χ4v) is 6.70. The summed E-state index contributed by atoms with van der Waals surface area (Å²) in [5, 5.41) is 0. The van der Waals surface area contributed by atoms with Gasteiger partial charge in [0, 0.05) is 30.1 Å². The highest BCUT2D eigenvalue weighted by Crippen LogP contribution is 2.34. The molecule has 3 atom stereocenters. The van der Waals surface area contributed by atoms with Crippen LogP contribution in [-0.4, -0.2) is 59.0 Å². The second kappa shape index (κ2) is 11.3. The number of amides is 2. The van der Waals surface area contributed by atoms with Crippen LogP contribution in [0.5, 0.6) is 0 Å². The number of hydrogen-bond acceptors (Lipinski definition) is 5. The Kier molecular flexibility index (Phi) is 8.74. The third-order valence-electron chi connectivity index (χ3n) is 6.85. The molecule has 9 nitrogen and oxygen atoms in total. The van der Waals surface area contributed by atoms with Gasteiger partial charge in [-0.25, -0.2) is 22.2 Å². The summed E-state index contributed by atoms with van der Waals surface area (Å²) in [4.78, 5) is 35.3. The summed E-state index contributed by atoms with van der Waals surface area (Å²) in [7, 11) is -4.05. The van der Waals surface area contributed by atoms with Gasteiger partial charge >= 0.3 is 0 Å². The van der Waals surface area contributed by atoms with Crippen LogP contribution < -0.4 is 10.5 Å². The van der Waals surface area contributed by atoms with Gasteiger partial charge in [0.05, 0.1) is 24.1 Å². The number of carbonyl (C=O) groups excluding carboxylic acids is 2. The fraction of sp³-hybridized carbons (Fsp3) is 0.560. The second-order valence-electron chi connectivity index (χ2n) is 10.2. The smallest absolute Gasteiger partial charge is 0.240 e. The molecule has 12 heteroatoms. The standard InChI is InChI=1S/C25H35F2N5O4S/c1-15(2)14-37(35,36)31-25(24(28)34,12-22(33)32-10-6-5-7-16(32)3)17(4)23-29-13-21(30-23)19-9-8-18(26)11-20(19)27/h8-9,11,13,15-17,31H,5-7,10,12,14H2,1-4H3,(H2,28,34)(H,29,30)/t16-,17+,25?/m0/s1. The zero-order valence-corrected chi connectivity index (χ0v) is 22.4. The van der Waals surface area contributed by atoms with Gasteiger partial charge in [0.1, 0.15) is 23.0 Å². The fourth-order valence-electron chi connectivity index (χ4n) is 4.83. The highest BCUT2D eigenvalue weighted by atomic mass is 32.2. The average molecular weight is 540 g/mol. The van der Waals surface area contributed by atoms with E-state index in [2.05, 4.69) is 14.7 Å². The van der Waals surface area contributed by atoms with Crippen LogP contribution in [0.2, 0.25) is 0 Å². The van der Waals surface area contributed by atoms with Crippen molar-refractivity contribution in [3.05, 3.63) is 41.9 Å². The number of nitrogens with one attached hydrogen (secondary N) is 2. The largest absolute Gasteiger partial charge is 0.368 e. The van der Waals surface area contributed by atoms with E-state index in [-0.39, 0.29) is 34.8 Å². The van der Waals surface area contributed by atoms with Gasteiger partial charge in [-0.05, 0) is 44.2 Å². The second-order valence-corrected chi connectivity index (χ2v) is 12.0. The van der Waals surface area contributed by atoms with Crippen LogP contribution in [0, 0.1) is 17.6 Å². The van der Waals surface area contributed by atoms with Crippen molar-refractivity contribution in [3.8, 4) is 11.3 Å². The lowest BCUT2D eigenvalue weighted by atomic mass is 9.81. The van der Waals surface area contributed by atoms with Gasteiger partial charge in [0.15, 0.2) is 0 Å². The monoisotopic (exact) mass is 539 g/mol. The molecular formula is C25H35F2N5O4S. The van der Waals surface area contributed by atoms with Crippen LogP contribution in [0.25, 0.3) is 11.3 Å². The lowest BCUT2D eigenvalue weighted by molar-refractivity contribution is -0.139. The zero-order chi connectivity index (χ0) is 27.5. The first-order chi connectivity index (χ1) is 17.3. The number of sulfonamides is 1. The molecule has 1 aliphatic heterocycles. The Morgan fingerprint density at radius 3 is 2.57 bits per heavy atom. The van der Waals surface area contributed by atoms with E-state index in [0.717, 1.165) is 31.4 Å². The third kappa shape index (κ3) is 6.53. The van der Waals surface area contributed by atoms with Crippen molar-refractivity contribution >= 4 is 21.8 Å². The molecule has 3 rings (SSSR count). The number of imidazole rings is 1. The van der Waals surface area contributed by atoms with Gasteiger partial charge in [-0.1, -0.05) is 20.8 Å². The molecule has 2 heterocycles. The van der Waals surface area contributed by atoms with Crippen LogP contribution >= 0.6 is 0 Å². The molecule has 0 radical (unpaired) electrons. The molecular weight excluding hydrogens is 504 g/mol. The van der Waals surface area contributed by atoms with E-state index in [9.17, 15) is 26.8 Å². The summed E-state index contributed by atoms with van der Waals surface area (Å²) in [5.74, 6) is -4.46. The lowest BCUT2D eigenvalue weighted by Gasteiger charge is -2.39. The molecule has 0 aliphatic carbocycles. The molecule has 4 N–H and O–H groups in total. The van der Waals surface area contributed by atoms with Crippen LogP contribution in [0.3, 0.4) is 0 Å². The Bertz CT molecular complexity index is 1250. The number of nitrogens with zero attached hydrogens (tertiary/aromatic N) is 2. The van der Waals surface area contributed by atoms with Gasteiger partial charge in [-0.15, -0.1) is 0 Å². The molecule has 1 aliphatic rings. The number of hydrogen-bond donors (Lipinski definition) is 3. The predicted octanol–water partition coefficient (Wildman–Crippen LogP) is 3.05. The number of H-pyrrole nitrogens is 1. The van der Waals surface area contributed by atoms with E-state index in [0.29, 0.717) is 6.54 Å². The molecule has 1 saturated heterocycles. The normalized spacial score (nSPS) is 19.0. The van der Waals surface area contributed by atoms with Gasteiger partial charge in [0.2, 0.25) is 21.8 Å². The Hall–Kier alpha value is -2.86. The quantitative estimate of drug-likeness (QED) is 0.426. The van der Waals surface area contributed by atoms with Gasteiger partial charge in [-0.2, -0.15) is 4.72 Å². The minimum absolute atomic E-state index is 0.0376. The highest BCUT2D eigenvalue weighted by Gasteiger charge is 2.49. The summed E-state index contributed by atoms with van der Waals surface area (Å²) >= 11 is 0. The number of halogens is 2. The van der Waals surface area contributed by atoms with Crippen LogP contribution in [0.15, 0.2) is 24.4 Å². The Morgan fingerprint density at radius 1 is 1.27 bits per heavy atom. The molecule has 2 amide bonds. The number of carbonyl (C=O) groups is 2. The van der Waals surface area contributed by atoms with E-state index < -0.39 is 51.3 Å². The van der Waals surface area contributed by atoms with Crippen LogP contribution in [0.4, 0.5) is 8.78 Å². The number of likely N-dealkylation sites (tertiary alicyclic amines) is 1. The van der Waals surface area contributed by atoms with Gasteiger partial charge < -0.3 is 15.6 Å². The number of aromatic nitrogens is 2. The average Bonchev–Trinajstić information content (AvgIpc) is 3.26. The van der Waals surface area contributed by atoms with E-state index in [1.165, 1.54) is 19.2 Å². The van der Waals surface area contributed by atoms with Crippen molar-refractivity contribution < 1.29 is 26.8 Å². The van der Waals surface area contributed by atoms with Crippen molar-refractivity contribution in [1.29, 1.82) is 0 Å². The molecule has 0 spiro atoms. The molecule has 0 bridgehead atoms. The topological polar surface area (TPSA) is 138 Å². The Labute approximate surface area is 216 Å². The van der Waals surface area contributed by atoms with Crippen LogP contribution in [-0.2, 0) is 19.6 Å². The number of piperidine rings is 1. The summed E-state index contributed by atoms with van der Waals surface area (Å²) in [6, 6.07) is 2.99. The van der Waals surface area contributed by atoms with E-state index in [1.54, 1.807) is 18.7 Å². The third-order valence-corrected chi connectivity index (χ3v) is 8.63. The number of benzene rings is 1. The minimum Gasteiger partial charge on any atom is -0.368 e. The predicted molar refractivity (Wildman–Crippen MR) is 136 cm³/mol. The van der Waals surface area contributed by atoms with Crippen molar-refractivity contribution in [2.75, 3.05) is 12.3 Å². The van der Waals surface area contributed by atoms with Gasteiger partial charge in [0.25, 0.3) is 0 Å². The molecule has 1 aromatic heterocycles. The summed E-state index contributed by atoms with van der Waals surface area (Å²) in [6.45, 7) is 7.36. The molecule has 2 aromatic rings. The minimum atomic E-state index is -4.05. The number of primary amides is 1. The summed E-state index contributed by atoms with van der Waals surface area (Å²) in [6.07, 6.45) is 3.36. The SMILES string of the molecule is CC(C)CS(=O)(=O)NC(CC(=O)N1CCCC[C@@H]1C)(C(N)=O)[C@H](C)c1ncc(-c2ccc(F)cc2F)[nH]1.